The number of hydrogen-bond acceptors (Lipinski definition) is 3. The molecule has 1 aliphatic heterocycles. The summed E-state index contributed by atoms with van der Waals surface area (Å²) < 4.78 is 1.67. The Balaban J connectivity index is 2.64. The minimum Gasteiger partial charge on any atom is -0.396 e. The van der Waals surface area contributed by atoms with Crippen molar-refractivity contribution in [3.8, 4) is 0 Å². The van der Waals surface area contributed by atoms with E-state index in [1.54, 1.807) is 10.6 Å². The normalized spacial score (nSPS) is 20.2. The summed E-state index contributed by atoms with van der Waals surface area (Å²) in [6, 6.07) is 3.43. The Morgan fingerprint density at radius 3 is 3.08 bits per heavy atom. The number of aromatic nitrogens is 1. The lowest BCUT2D eigenvalue weighted by molar-refractivity contribution is 0.676. The van der Waals surface area contributed by atoms with Gasteiger partial charge in [0, 0.05) is 18.7 Å². The fourth-order valence-corrected chi connectivity index (χ4v) is 1.49. The molecule has 0 amide bonds. The van der Waals surface area contributed by atoms with Gasteiger partial charge in [0.1, 0.15) is 5.82 Å². The summed E-state index contributed by atoms with van der Waals surface area (Å²) in [7, 11) is 0. The van der Waals surface area contributed by atoms with Crippen LogP contribution in [0.25, 0.3) is 0 Å². The first-order chi connectivity index (χ1) is 5.68. The zero-order valence-corrected chi connectivity index (χ0v) is 6.87. The van der Waals surface area contributed by atoms with Crippen LogP contribution in [0.1, 0.15) is 6.92 Å². The molecule has 4 nitrogen and oxygen atoms in total. The first-order valence-corrected chi connectivity index (χ1v) is 3.94. The van der Waals surface area contributed by atoms with E-state index < -0.39 is 0 Å². The summed E-state index contributed by atoms with van der Waals surface area (Å²) in [5.74, 6) is 0.759. The average molecular weight is 165 g/mol. The fourth-order valence-electron chi connectivity index (χ4n) is 1.49. The van der Waals surface area contributed by atoms with Gasteiger partial charge in [-0.25, -0.2) is 0 Å². The maximum Gasteiger partial charge on any atom is 0.252 e. The van der Waals surface area contributed by atoms with Gasteiger partial charge in [-0.2, -0.15) is 0 Å². The number of hydrogen-bond donors (Lipinski definition) is 2. The second-order valence-corrected chi connectivity index (χ2v) is 3.13. The van der Waals surface area contributed by atoms with Gasteiger partial charge in [-0.05, 0) is 13.0 Å². The average Bonchev–Trinajstić information content (AvgIpc) is 2.41. The van der Waals surface area contributed by atoms with Gasteiger partial charge in [-0.15, -0.1) is 0 Å². The Labute approximate surface area is 70.0 Å². The molecule has 3 N–H and O–H groups in total. The van der Waals surface area contributed by atoms with E-state index >= 15 is 0 Å². The van der Waals surface area contributed by atoms with Crippen molar-refractivity contribution in [1.29, 1.82) is 0 Å². The van der Waals surface area contributed by atoms with E-state index in [1.807, 2.05) is 6.92 Å². The van der Waals surface area contributed by atoms with E-state index in [-0.39, 0.29) is 5.56 Å². The molecule has 2 rings (SSSR count). The lowest BCUT2D eigenvalue weighted by atomic mass is 10.4. The van der Waals surface area contributed by atoms with Crippen LogP contribution in [-0.4, -0.2) is 10.6 Å². The molecular formula is C8H11N3O. The third-order valence-corrected chi connectivity index (χ3v) is 2.05. The van der Waals surface area contributed by atoms with Crippen LogP contribution >= 0.6 is 0 Å². The van der Waals surface area contributed by atoms with Crippen LogP contribution in [0, 0.1) is 0 Å². The molecule has 0 saturated heterocycles. The molecule has 1 aliphatic rings. The molecule has 0 saturated carbocycles. The molecule has 1 aromatic heterocycles. The summed E-state index contributed by atoms with van der Waals surface area (Å²) >= 11 is 0. The zero-order valence-electron chi connectivity index (χ0n) is 6.87. The van der Waals surface area contributed by atoms with Crippen molar-refractivity contribution in [2.24, 2.45) is 0 Å². The highest BCUT2D eigenvalue weighted by molar-refractivity contribution is 5.63. The maximum absolute atomic E-state index is 11.3. The molecule has 0 aromatic carbocycles. The van der Waals surface area contributed by atoms with Crippen LogP contribution < -0.4 is 16.6 Å². The number of nitrogens with zero attached hydrogens (tertiary/aromatic N) is 1. The molecule has 0 fully saturated rings. The predicted octanol–water partition coefficient (Wildman–Crippen LogP) is 0.244. The minimum absolute atomic E-state index is 0.0102. The number of pyridine rings is 1. The lowest BCUT2D eigenvalue weighted by Gasteiger charge is -2.03. The second kappa shape index (κ2) is 2.27. The van der Waals surface area contributed by atoms with Crippen molar-refractivity contribution in [2.45, 2.75) is 19.5 Å². The topological polar surface area (TPSA) is 60.0 Å². The van der Waals surface area contributed by atoms with E-state index in [0.717, 1.165) is 5.82 Å². The monoisotopic (exact) mass is 165 g/mol. The smallest absolute Gasteiger partial charge is 0.252 e. The largest absolute Gasteiger partial charge is 0.396 e. The highest BCUT2D eigenvalue weighted by atomic mass is 16.1. The highest BCUT2D eigenvalue weighted by Gasteiger charge is 2.18. The number of anilines is 2. The number of rotatable bonds is 0. The molecule has 1 unspecified atom stereocenters. The van der Waals surface area contributed by atoms with Gasteiger partial charge in [-0.3, -0.25) is 9.36 Å². The number of nitrogen functional groups attached to an aromatic ring is 1. The van der Waals surface area contributed by atoms with Crippen molar-refractivity contribution >= 4 is 11.5 Å². The van der Waals surface area contributed by atoms with E-state index in [0.29, 0.717) is 18.3 Å². The molecule has 12 heavy (non-hydrogen) atoms. The molecule has 0 radical (unpaired) electrons. The summed E-state index contributed by atoms with van der Waals surface area (Å²) in [4.78, 5) is 11.3. The Hall–Kier alpha value is -1.45. The zero-order chi connectivity index (χ0) is 8.72. The summed E-state index contributed by atoms with van der Waals surface area (Å²) in [5.41, 5.74) is 6.33. The third-order valence-electron chi connectivity index (χ3n) is 2.05. The highest BCUT2D eigenvalue weighted by Crippen LogP contribution is 2.21. The Bertz CT molecular complexity index is 369. The van der Waals surface area contributed by atoms with Crippen molar-refractivity contribution in [3.63, 3.8) is 0 Å². The van der Waals surface area contributed by atoms with E-state index in [1.165, 1.54) is 6.07 Å². The second-order valence-electron chi connectivity index (χ2n) is 3.13. The van der Waals surface area contributed by atoms with Crippen molar-refractivity contribution in [1.82, 2.24) is 4.57 Å². The van der Waals surface area contributed by atoms with Gasteiger partial charge in [0.05, 0.1) is 5.69 Å². The predicted molar refractivity (Wildman–Crippen MR) is 48.2 cm³/mol. The SMILES string of the molecule is CC1Cn2c(c(N)ccc2=O)N1. The van der Waals surface area contributed by atoms with E-state index in [2.05, 4.69) is 5.32 Å². The van der Waals surface area contributed by atoms with Gasteiger partial charge in [0.2, 0.25) is 0 Å². The van der Waals surface area contributed by atoms with Crippen LogP contribution in [-0.2, 0) is 6.54 Å². The van der Waals surface area contributed by atoms with Crippen LogP contribution in [0.15, 0.2) is 16.9 Å². The molecule has 0 spiro atoms. The van der Waals surface area contributed by atoms with Crippen LogP contribution in [0.3, 0.4) is 0 Å². The van der Waals surface area contributed by atoms with E-state index in [9.17, 15) is 4.79 Å². The summed E-state index contributed by atoms with van der Waals surface area (Å²) in [6.45, 7) is 2.73. The van der Waals surface area contributed by atoms with Crippen LogP contribution in [0.5, 0.6) is 0 Å². The molecule has 4 heteroatoms. The van der Waals surface area contributed by atoms with Crippen LogP contribution in [0.4, 0.5) is 11.5 Å². The Morgan fingerprint density at radius 1 is 1.67 bits per heavy atom. The Morgan fingerprint density at radius 2 is 2.42 bits per heavy atom. The van der Waals surface area contributed by atoms with Crippen molar-refractivity contribution in [2.75, 3.05) is 11.1 Å². The number of nitrogens with one attached hydrogen (secondary N) is 1. The first kappa shape index (κ1) is 7.21. The van der Waals surface area contributed by atoms with Gasteiger partial charge < -0.3 is 11.1 Å². The molecule has 64 valence electrons. The molecule has 1 atom stereocenters. The van der Waals surface area contributed by atoms with Gasteiger partial charge in [-0.1, -0.05) is 0 Å². The van der Waals surface area contributed by atoms with Gasteiger partial charge in [0.15, 0.2) is 0 Å². The number of nitrogens with two attached hydrogens (primary N) is 1. The third kappa shape index (κ3) is 0.879. The number of fused-ring (bicyclic) bond motifs is 1. The van der Waals surface area contributed by atoms with E-state index in [4.69, 9.17) is 5.73 Å². The van der Waals surface area contributed by atoms with Crippen molar-refractivity contribution < 1.29 is 0 Å². The lowest BCUT2D eigenvalue weighted by Crippen LogP contribution is -2.18. The quantitative estimate of drug-likeness (QED) is 0.579. The molecule has 2 heterocycles. The standard InChI is InChI=1S/C8H11N3O/c1-5-4-11-7(12)3-2-6(9)8(11)10-5/h2-3,5,10H,4,9H2,1H3. The maximum atomic E-state index is 11.3. The Kier molecular flexibility index (Phi) is 1.36. The molecule has 1 aromatic rings. The van der Waals surface area contributed by atoms with Gasteiger partial charge in [0.25, 0.3) is 5.56 Å². The minimum atomic E-state index is 0.0102. The summed E-state index contributed by atoms with van der Waals surface area (Å²) in [5, 5.41) is 3.14. The summed E-state index contributed by atoms with van der Waals surface area (Å²) in [6.07, 6.45) is 0. The fraction of sp³-hybridized carbons (Fsp3) is 0.375. The van der Waals surface area contributed by atoms with Crippen molar-refractivity contribution in [3.05, 3.63) is 22.5 Å². The molecular weight excluding hydrogens is 154 g/mol. The molecule has 0 bridgehead atoms. The first-order valence-electron chi connectivity index (χ1n) is 3.94. The van der Waals surface area contributed by atoms with Crippen LogP contribution in [0.2, 0.25) is 0 Å². The van der Waals surface area contributed by atoms with Gasteiger partial charge >= 0.3 is 0 Å². The molecule has 0 aliphatic carbocycles.